The van der Waals surface area contributed by atoms with Crippen LogP contribution in [-0.2, 0) is 9.53 Å². The number of nitrogens with zero attached hydrogens (tertiary/aromatic N) is 1. The van der Waals surface area contributed by atoms with E-state index in [9.17, 15) is 9.90 Å². The molecule has 5 nitrogen and oxygen atoms in total. The molecule has 82 valence electrons. The van der Waals surface area contributed by atoms with Crippen LogP contribution >= 0.6 is 0 Å². The van der Waals surface area contributed by atoms with Crippen molar-refractivity contribution in [2.24, 2.45) is 0 Å². The second-order valence-corrected chi connectivity index (χ2v) is 3.60. The van der Waals surface area contributed by atoms with Gasteiger partial charge in [0.25, 0.3) is 0 Å². The van der Waals surface area contributed by atoms with Gasteiger partial charge in [-0.3, -0.25) is 4.79 Å². The van der Waals surface area contributed by atoms with Gasteiger partial charge in [-0.15, -0.1) is 0 Å². The first kappa shape index (κ1) is 11.4. The Morgan fingerprint density at radius 3 is 2.93 bits per heavy atom. The van der Waals surface area contributed by atoms with Gasteiger partial charge >= 0.3 is 0 Å². The van der Waals surface area contributed by atoms with E-state index in [2.05, 4.69) is 5.32 Å². The molecule has 0 aromatic heterocycles. The molecule has 2 atom stereocenters. The van der Waals surface area contributed by atoms with E-state index in [0.717, 1.165) is 0 Å². The topological polar surface area (TPSA) is 61.8 Å². The highest BCUT2D eigenvalue weighted by molar-refractivity contribution is 5.82. The van der Waals surface area contributed by atoms with Crippen molar-refractivity contribution in [3.8, 4) is 0 Å². The van der Waals surface area contributed by atoms with Gasteiger partial charge < -0.3 is 20.1 Å². The summed E-state index contributed by atoms with van der Waals surface area (Å²) in [4.78, 5) is 13.3. The molecule has 1 fully saturated rings. The number of likely N-dealkylation sites (N-methyl/N-ethyl adjacent to an activating group) is 1. The summed E-state index contributed by atoms with van der Waals surface area (Å²) in [5.41, 5.74) is 0. The molecule has 0 aromatic carbocycles. The molecule has 1 heterocycles. The van der Waals surface area contributed by atoms with Crippen molar-refractivity contribution in [3.63, 3.8) is 0 Å². The van der Waals surface area contributed by atoms with Crippen molar-refractivity contribution in [2.45, 2.75) is 18.6 Å². The predicted octanol–water partition coefficient (Wildman–Crippen LogP) is -1.19. The zero-order valence-electron chi connectivity index (χ0n) is 8.69. The minimum Gasteiger partial charge on any atom is -0.392 e. The summed E-state index contributed by atoms with van der Waals surface area (Å²) in [6.07, 6.45) is 0.121. The number of carbonyl (C=O) groups excluding carboxylic acids is 1. The largest absolute Gasteiger partial charge is 0.392 e. The van der Waals surface area contributed by atoms with Gasteiger partial charge in [-0.25, -0.2) is 0 Å². The Hall–Kier alpha value is -0.650. The van der Waals surface area contributed by atoms with Crippen LogP contribution < -0.4 is 5.32 Å². The Labute approximate surface area is 84.0 Å². The van der Waals surface area contributed by atoms with Crippen LogP contribution in [0.25, 0.3) is 0 Å². The molecule has 0 aliphatic carbocycles. The van der Waals surface area contributed by atoms with Crippen molar-refractivity contribution in [2.75, 3.05) is 33.9 Å². The highest BCUT2D eigenvalue weighted by Crippen LogP contribution is 2.08. The SMILES string of the molecule is COCCN(C)C(=O)[C@H]1C[C@H](O)CN1. The van der Waals surface area contributed by atoms with Crippen LogP contribution in [0.4, 0.5) is 0 Å². The summed E-state index contributed by atoms with van der Waals surface area (Å²) in [6, 6.07) is -0.230. The lowest BCUT2D eigenvalue weighted by atomic mass is 10.2. The highest BCUT2D eigenvalue weighted by atomic mass is 16.5. The van der Waals surface area contributed by atoms with Crippen molar-refractivity contribution < 1.29 is 14.6 Å². The molecule has 0 spiro atoms. The average Bonchev–Trinajstić information content (AvgIpc) is 2.60. The van der Waals surface area contributed by atoms with Gasteiger partial charge in [0.05, 0.1) is 18.8 Å². The molecular formula is C9H18N2O3. The number of amides is 1. The standard InChI is InChI=1S/C9H18N2O3/c1-11(3-4-14-2)9(13)8-5-7(12)6-10-8/h7-8,10,12H,3-6H2,1-2H3/t7-,8+/m0/s1. The van der Waals surface area contributed by atoms with Gasteiger partial charge in [-0.2, -0.15) is 0 Å². The van der Waals surface area contributed by atoms with E-state index in [1.54, 1.807) is 19.1 Å². The van der Waals surface area contributed by atoms with Crippen LogP contribution in [0, 0.1) is 0 Å². The van der Waals surface area contributed by atoms with Crippen molar-refractivity contribution in [3.05, 3.63) is 0 Å². The van der Waals surface area contributed by atoms with Crippen LogP contribution in [0.3, 0.4) is 0 Å². The molecule has 1 rings (SSSR count). The number of aliphatic hydroxyl groups is 1. The normalized spacial score (nSPS) is 26.5. The Morgan fingerprint density at radius 2 is 2.43 bits per heavy atom. The molecule has 1 saturated heterocycles. The molecule has 1 aliphatic heterocycles. The second kappa shape index (κ2) is 5.29. The van der Waals surface area contributed by atoms with E-state index in [4.69, 9.17) is 4.74 Å². The van der Waals surface area contributed by atoms with E-state index in [-0.39, 0.29) is 18.1 Å². The average molecular weight is 202 g/mol. The fraction of sp³-hybridized carbons (Fsp3) is 0.889. The van der Waals surface area contributed by atoms with Crippen molar-refractivity contribution in [1.82, 2.24) is 10.2 Å². The number of nitrogens with one attached hydrogen (secondary N) is 1. The third-order valence-electron chi connectivity index (χ3n) is 2.41. The zero-order valence-corrected chi connectivity index (χ0v) is 8.69. The molecule has 1 amide bonds. The maximum Gasteiger partial charge on any atom is 0.239 e. The van der Waals surface area contributed by atoms with Crippen LogP contribution in [0.2, 0.25) is 0 Å². The van der Waals surface area contributed by atoms with Gasteiger partial charge in [0.1, 0.15) is 0 Å². The first-order valence-corrected chi connectivity index (χ1v) is 4.80. The Morgan fingerprint density at radius 1 is 1.71 bits per heavy atom. The summed E-state index contributed by atoms with van der Waals surface area (Å²) in [7, 11) is 3.35. The molecule has 0 aromatic rings. The Kier molecular flexibility index (Phi) is 4.31. The Balaban J connectivity index is 2.32. The molecule has 0 bridgehead atoms. The molecule has 5 heteroatoms. The van der Waals surface area contributed by atoms with Gasteiger partial charge in [0.2, 0.25) is 5.91 Å². The predicted molar refractivity (Wildman–Crippen MR) is 51.9 cm³/mol. The monoisotopic (exact) mass is 202 g/mol. The number of ether oxygens (including phenoxy) is 1. The van der Waals surface area contributed by atoms with E-state index < -0.39 is 0 Å². The van der Waals surface area contributed by atoms with Gasteiger partial charge in [0, 0.05) is 27.2 Å². The number of β-amino-alcohol motifs (C(OH)–C–C–N with tert-alkyl or cyclic N) is 1. The molecule has 0 unspecified atom stereocenters. The third-order valence-corrected chi connectivity index (χ3v) is 2.41. The van der Waals surface area contributed by atoms with E-state index in [0.29, 0.717) is 26.1 Å². The van der Waals surface area contributed by atoms with Crippen LogP contribution in [0.15, 0.2) is 0 Å². The lowest BCUT2D eigenvalue weighted by Crippen LogP contribution is -2.42. The molecule has 14 heavy (non-hydrogen) atoms. The number of aliphatic hydroxyl groups excluding tert-OH is 1. The molecule has 1 aliphatic rings. The van der Waals surface area contributed by atoms with Crippen LogP contribution in [0.1, 0.15) is 6.42 Å². The smallest absolute Gasteiger partial charge is 0.239 e. The molecular weight excluding hydrogens is 184 g/mol. The maximum absolute atomic E-state index is 11.7. The number of carbonyl (C=O) groups is 1. The van der Waals surface area contributed by atoms with Crippen molar-refractivity contribution >= 4 is 5.91 Å². The van der Waals surface area contributed by atoms with E-state index >= 15 is 0 Å². The second-order valence-electron chi connectivity index (χ2n) is 3.60. The summed E-state index contributed by atoms with van der Waals surface area (Å²) in [5, 5.41) is 12.2. The van der Waals surface area contributed by atoms with E-state index in [1.165, 1.54) is 0 Å². The Bertz CT molecular complexity index is 198. The minimum absolute atomic E-state index is 0.0265. The van der Waals surface area contributed by atoms with Crippen LogP contribution in [0.5, 0.6) is 0 Å². The summed E-state index contributed by atoms with van der Waals surface area (Å²) in [6.45, 7) is 1.63. The number of rotatable bonds is 4. The van der Waals surface area contributed by atoms with Crippen LogP contribution in [-0.4, -0.2) is 61.9 Å². The zero-order chi connectivity index (χ0) is 10.6. The van der Waals surface area contributed by atoms with Crippen molar-refractivity contribution in [1.29, 1.82) is 0 Å². The van der Waals surface area contributed by atoms with Gasteiger partial charge in [-0.05, 0) is 6.42 Å². The minimum atomic E-state index is -0.389. The quantitative estimate of drug-likeness (QED) is 0.602. The first-order chi connectivity index (χ1) is 6.65. The number of hydrogen-bond donors (Lipinski definition) is 2. The molecule has 0 saturated carbocycles. The highest BCUT2D eigenvalue weighted by Gasteiger charge is 2.29. The fourth-order valence-corrected chi connectivity index (χ4v) is 1.51. The molecule has 0 radical (unpaired) electrons. The fourth-order valence-electron chi connectivity index (χ4n) is 1.51. The van der Waals surface area contributed by atoms with E-state index in [1.807, 2.05) is 0 Å². The first-order valence-electron chi connectivity index (χ1n) is 4.80. The van der Waals surface area contributed by atoms with Gasteiger partial charge in [-0.1, -0.05) is 0 Å². The summed E-state index contributed by atoms with van der Waals surface area (Å²) >= 11 is 0. The third kappa shape index (κ3) is 2.94. The maximum atomic E-state index is 11.7. The van der Waals surface area contributed by atoms with Gasteiger partial charge in [0.15, 0.2) is 0 Å². The number of methoxy groups -OCH3 is 1. The number of hydrogen-bond acceptors (Lipinski definition) is 4. The molecule has 2 N–H and O–H groups in total. The summed E-state index contributed by atoms with van der Waals surface area (Å²) in [5.74, 6) is 0.0265. The lowest BCUT2D eigenvalue weighted by molar-refractivity contribution is -0.132. The lowest BCUT2D eigenvalue weighted by Gasteiger charge is -2.20. The summed E-state index contributed by atoms with van der Waals surface area (Å²) < 4.78 is 4.88.